The van der Waals surface area contributed by atoms with Crippen LogP contribution in [0.5, 0.6) is 0 Å². The third-order valence-corrected chi connectivity index (χ3v) is 3.16. The molecule has 25 heavy (non-hydrogen) atoms. The van der Waals surface area contributed by atoms with Gasteiger partial charge in [-0.1, -0.05) is 18.1 Å². The lowest BCUT2D eigenvalue weighted by atomic mass is 10.1. The molecule has 1 aromatic rings. The average molecular weight is 351 g/mol. The van der Waals surface area contributed by atoms with Crippen LogP contribution in [0.4, 0.5) is 0 Å². The Balaban J connectivity index is 2.02. The number of hydrogen-bond acceptors (Lipinski definition) is 6. The Hall–Kier alpha value is -1.95. The van der Waals surface area contributed by atoms with E-state index in [4.69, 9.17) is 36.2 Å². The van der Waals surface area contributed by atoms with Gasteiger partial charge in [-0.3, -0.25) is 0 Å². The van der Waals surface area contributed by atoms with Crippen molar-refractivity contribution in [3.05, 3.63) is 35.4 Å². The molecule has 3 N–H and O–H groups in total. The minimum absolute atomic E-state index is 0.209. The lowest BCUT2D eigenvalue weighted by Gasteiger charge is -2.13. The fraction of sp³-hybridized carbons (Fsp3) is 0.500. The van der Waals surface area contributed by atoms with Gasteiger partial charge in [0.05, 0.1) is 57.9 Å². The number of carboxylic acids is 1. The number of ether oxygens (including phenoxy) is 4. The number of benzene rings is 1. The van der Waals surface area contributed by atoms with Crippen LogP contribution in [0.15, 0.2) is 24.3 Å². The van der Waals surface area contributed by atoms with Gasteiger partial charge in [-0.15, -0.1) is 6.42 Å². The van der Waals surface area contributed by atoms with Crippen LogP contribution in [0.1, 0.15) is 22.0 Å². The molecular weight excluding hydrogens is 326 g/mol. The summed E-state index contributed by atoms with van der Waals surface area (Å²) in [4.78, 5) is 10.9. The molecule has 7 heteroatoms. The Morgan fingerprint density at radius 3 is 2.28 bits per heavy atom. The average Bonchev–Trinajstić information content (AvgIpc) is 2.62. The first kappa shape index (κ1) is 21.1. The normalized spacial score (nSPS) is 11.8. The summed E-state index contributed by atoms with van der Waals surface area (Å²) in [5, 5.41) is 8.97. The van der Waals surface area contributed by atoms with Crippen molar-refractivity contribution >= 4 is 5.97 Å². The maximum atomic E-state index is 10.9. The van der Waals surface area contributed by atoms with E-state index in [0.717, 1.165) is 5.56 Å². The first-order valence-corrected chi connectivity index (χ1v) is 7.98. The van der Waals surface area contributed by atoms with Gasteiger partial charge >= 0.3 is 5.97 Å². The van der Waals surface area contributed by atoms with Crippen LogP contribution in [0.3, 0.4) is 0 Å². The zero-order valence-corrected chi connectivity index (χ0v) is 14.2. The molecule has 0 radical (unpaired) electrons. The van der Waals surface area contributed by atoms with E-state index in [9.17, 15) is 4.79 Å². The number of nitrogens with two attached hydrogens (primary N) is 1. The highest BCUT2D eigenvalue weighted by Gasteiger charge is 2.09. The molecule has 1 rings (SSSR count). The number of hydrogen-bond donors (Lipinski definition) is 2. The Morgan fingerprint density at radius 1 is 1.08 bits per heavy atom. The maximum absolute atomic E-state index is 10.9. The summed E-state index contributed by atoms with van der Waals surface area (Å²) in [6.07, 6.45) is 5.04. The molecule has 0 amide bonds. The maximum Gasteiger partial charge on any atom is 0.335 e. The number of terminal acetylenes is 1. The van der Waals surface area contributed by atoms with Crippen LogP contribution < -0.4 is 5.73 Å². The van der Waals surface area contributed by atoms with Crippen LogP contribution in [0.25, 0.3) is 0 Å². The summed E-state index contributed by atoms with van der Waals surface area (Å²) in [5.41, 5.74) is 6.92. The first-order valence-electron chi connectivity index (χ1n) is 7.98. The standard InChI is InChI=1S/C18H25NO6/c1-2-6-22-7-8-23-9-10-24-11-12-25-14-17(19)15-4-3-5-16(13-15)18(20)21/h1,3-5,13,17H,6-12,14,19H2,(H,20,21). The van der Waals surface area contributed by atoms with Crippen molar-refractivity contribution < 1.29 is 28.8 Å². The Bertz CT molecular complexity index is 543. The highest BCUT2D eigenvalue weighted by Crippen LogP contribution is 2.13. The molecular formula is C18H25NO6. The van der Waals surface area contributed by atoms with Crippen LogP contribution >= 0.6 is 0 Å². The molecule has 0 fully saturated rings. The Morgan fingerprint density at radius 2 is 1.68 bits per heavy atom. The molecule has 0 spiro atoms. The molecule has 7 nitrogen and oxygen atoms in total. The smallest absolute Gasteiger partial charge is 0.335 e. The second-order valence-electron chi connectivity index (χ2n) is 5.09. The van der Waals surface area contributed by atoms with Gasteiger partial charge < -0.3 is 29.8 Å². The topological polar surface area (TPSA) is 100 Å². The molecule has 138 valence electrons. The van der Waals surface area contributed by atoms with Crippen molar-refractivity contribution in [2.75, 3.05) is 52.9 Å². The van der Waals surface area contributed by atoms with Crippen molar-refractivity contribution in [2.24, 2.45) is 5.73 Å². The van der Waals surface area contributed by atoms with E-state index in [0.29, 0.717) is 46.2 Å². The summed E-state index contributed by atoms with van der Waals surface area (Å²) in [5.74, 6) is 1.39. The van der Waals surface area contributed by atoms with Crippen molar-refractivity contribution in [3.8, 4) is 12.3 Å². The van der Waals surface area contributed by atoms with Gasteiger partial charge in [-0.2, -0.15) is 0 Å². The molecule has 0 heterocycles. The second-order valence-corrected chi connectivity index (χ2v) is 5.09. The van der Waals surface area contributed by atoms with Crippen molar-refractivity contribution in [2.45, 2.75) is 6.04 Å². The highest BCUT2D eigenvalue weighted by molar-refractivity contribution is 5.87. The quantitative estimate of drug-likeness (QED) is 0.382. The Labute approximate surface area is 148 Å². The molecule has 0 aliphatic rings. The first-order chi connectivity index (χ1) is 12.1. The van der Waals surface area contributed by atoms with Crippen LogP contribution in [0.2, 0.25) is 0 Å². The van der Waals surface area contributed by atoms with E-state index in [1.807, 2.05) is 0 Å². The highest BCUT2D eigenvalue weighted by atomic mass is 16.6. The van der Waals surface area contributed by atoms with Crippen LogP contribution in [-0.2, 0) is 18.9 Å². The summed E-state index contributed by atoms with van der Waals surface area (Å²) in [6.45, 7) is 3.29. The lowest BCUT2D eigenvalue weighted by molar-refractivity contribution is -0.000264. The van der Waals surface area contributed by atoms with E-state index in [1.165, 1.54) is 6.07 Å². The zero-order valence-electron chi connectivity index (χ0n) is 14.2. The van der Waals surface area contributed by atoms with Gasteiger partial charge in [0.2, 0.25) is 0 Å². The SMILES string of the molecule is C#CCOCCOCCOCCOCC(N)c1cccc(C(=O)O)c1. The van der Waals surface area contributed by atoms with E-state index in [2.05, 4.69) is 5.92 Å². The number of carbonyl (C=O) groups is 1. The minimum Gasteiger partial charge on any atom is -0.478 e. The van der Waals surface area contributed by atoms with Gasteiger partial charge in [-0.25, -0.2) is 4.79 Å². The molecule has 0 aliphatic carbocycles. The van der Waals surface area contributed by atoms with Crippen molar-refractivity contribution in [3.63, 3.8) is 0 Å². The second kappa shape index (κ2) is 13.4. The number of rotatable bonds is 14. The fourth-order valence-electron chi connectivity index (χ4n) is 1.90. The molecule has 1 aromatic carbocycles. The van der Waals surface area contributed by atoms with Gasteiger partial charge in [0, 0.05) is 0 Å². The van der Waals surface area contributed by atoms with E-state index < -0.39 is 5.97 Å². The van der Waals surface area contributed by atoms with E-state index in [-0.39, 0.29) is 18.2 Å². The molecule has 0 aromatic heterocycles. The molecule has 0 bridgehead atoms. The monoisotopic (exact) mass is 351 g/mol. The molecule has 0 aliphatic heterocycles. The Kier molecular flexibility index (Phi) is 11.3. The van der Waals surface area contributed by atoms with Crippen LogP contribution in [-0.4, -0.2) is 63.9 Å². The van der Waals surface area contributed by atoms with Crippen LogP contribution in [0, 0.1) is 12.3 Å². The van der Waals surface area contributed by atoms with E-state index in [1.54, 1.807) is 18.2 Å². The van der Waals surface area contributed by atoms with Gasteiger partial charge in [0.1, 0.15) is 6.61 Å². The predicted molar refractivity (Wildman–Crippen MR) is 92.4 cm³/mol. The summed E-state index contributed by atoms with van der Waals surface area (Å²) < 4.78 is 21.1. The number of carboxylic acid groups (broad SMARTS) is 1. The molecule has 1 unspecified atom stereocenters. The van der Waals surface area contributed by atoms with Gasteiger partial charge in [-0.05, 0) is 17.7 Å². The molecule has 1 atom stereocenters. The minimum atomic E-state index is -0.979. The zero-order chi connectivity index (χ0) is 18.3. The van der Waals surface area contributed by atoms with Crippen molar-refractivity contribution in [1.82, 2.24) is 0 Å². The third-order valence-electron chi connectivity index (χ3n) is 3.16. The summed E-state index contributed by atoms with van der Waals surface area (Å²) in [6, 6.07) is 6.14. The van der Waals surface area contributed by atoms with E-state index >= 15 is 0 Å². The van der Waals surface area contributed by atoms with Crippen molar-refractivity contribution in [1.29, 1.82) is 0 Å². The largest absolute Gasteiger partial charge is 0.478 e. The molecule has 0 saturated carbocycles. The molecule has 0 saturated heterocycles. The fourth-order valence-corrected chi connectivity index (χ4v) is 1.90. The summed E-state index contributed by atoms with van der Waals surface area (Å²) >= 11 is 0. The van der Waals surface area contributed by atoms with Gasteiger partial charge in [0.25, 0.3) is 0 Å². The third kappa shape index (κ3) is 9.82. The van der Waals surface area contributed by atoms with Gasteiger partial charge in [0.15, 0.2) is 0 Å². The lowest BCUT2D eigenvalue weighted by Crippen LogP contribution is -2.19. The number of aromatic carboxylic acids is 1. The predicted octanol–water partition coefficient (Wildman–Crippen LogP) is 1.08. The summed E-state index contributed by atoms with van der Waals surface area (Å²) in [7, 11) is 0.